The van der Waals surface area contributed by atoms with E-state index in [1.807, 2.05) is 6.92 Å². The molecule has 0 fully saturated rings. The fourth-order valence-corrected chi connectivity index (χ4v) is 8.04. The summed E-state index contributed by atoms with van der Waals surface area (Å²) in [5.74, 6) is -1.68. The van der Waals surface area contributed by atoms with Gasteiger partial charge in [0, 0.05) is 40.4 Å². The number of benzene rings is 1. The summed E-state index contributed by atoms with van der Waals surface area (Å²) in [5.41, 5.74) is 1.48. The van der Waals surface area contributed by atoms with E-state index in [0.717, 1.165) is 6.42 Å². The second-order valence-corrected chi connectivity index (χ2v) is 10.3. The third-order valence-corrected chi connectivity index (χ3v) is 7.91. The molecule has 11 heteroatoms. The van der Waals surface area contributed by atoms with Crippen LogP contribution in [-0.2, 0) is 14.4 Å². The number of carbonyl (C=O) groups excluding carboxylic acids is 3. The van der Waals surface area contributed by atoms with Gasteiger partial charge in [-0.15, -0.1) is 0 Å². The normalized spacial score (nSPS) is 11.6. The number of rotatable bonds is 9. The lowest BCUT2D eigenvalue weighted by Gasteiger charge is -2.28. The molecular weight excluding hydrogens is 743 g/mol. The average Bonchev–Trinajstić information content (AvgIpc) is 2.65. The van der Waals surface area contributed by atoms with Crippen molar-refractivity contribution in [2.45, 2.75) is 52.5 Å². The Hall–Kier alpha value is -0.710. The second-order valence-electron chi connectivity index (χ2n) is 7.06. The van der Waals surface area contributed by atoms with Crippen molar-refractivity contribution in [1.29, 1.82) is 0 Å². The highest BCUT2D eigenvalue weighted by atomic mass is 127. The number of hydrogen-bond acceptors (Lipinski definition) is 4. The Morgan fingerprint density at radius 2 is 1.35 bits per heavy atom. The van der Waals surface area contributed by atoms with Crippen LogP contribution in [0.3, 0.4) is 0 Å². The molecule has 0 radical (unpaired) electrons. The number of carbonyl (C=O) groups is 4. The first kappa shape index (κ1) is 28.3. The Labute approximate surface area is 223 Å². The Morgan fingerprint density at radius 1 is 0.903 bits per heavy atom. The van der Waals surface area contributed by atoms with Crippen LogP contribution in [0, 0.1) is 10.7 Å². The molecule has 1 aromatic carbocycles. The van der Waals surface area contributed by atoms with Gasteiger partial charge >= 0.3 is 5.97 Å². The fraction of sp³-hybridized carbons (Fsp3) is 0.500. The van der Waals surface area contributed by atoms with Crippen molar-refractivity contribution in [3.05, 3.63) is 16.3 Å². The third-order valence-electron chi connectivity index (χ3n) is 4.79. The summed E-state index contributed by atoms with van der Waals surface area (Å²) >= 11 is 6.20. The molecule has 0 aliphatic heterocycles. The molecule has 1 aromatic rings. The SMILES string of the molecule is CCCC(CCC(=O)O)NC(=O)c1c(I)c(N(C)C(C)=O)c(I)c(N(C)C(C)=O)c1I. The van der Waals surface area contributed by atoms with Crippen molar-refractivity contribution in [2.24, 2.45) is 0 Å². The van der Waals surface area contributed by atoms with Crippen LogP contribution < -0.4 is 15.1 Å². The number of carboxylic acids is 1. The van der Waals surface area contributed by atoms with E-state index in [4.69, 9.17) is 5.11 Å². The van der Waals surface area contributed by atoms with Gasteiger partial charge in [0.05, 0.1) is 27.6 Å². The summed E-state index contributed by atoms with van der Waals surface area (Å²) in [5, 5.41) is 12.0. The molecule has 0 spiro atoms. The first-order chi connectivity index (χ1) is 14.3. The van der Waals surface area contributed by atoms with Gasteiger partial charge in [-0.25, -0.2) is 0 Å². The van der Waals surface area contributed by atoms with E-state index in [1.165, 1.54) is 23.6 Å². The third kappa shape index (κ3) is 7.14. The zero-order valence-corrected chi connectivity index (χ0v) is 24.5. The van der Waals surface area contributed by atoms with E-state index in [1.54, 1.807) is 14.1 Å². The maximum absolute atomic E-state index is 13.3. The number of anilines is 2. The first-order valence-electron chi connectivity index (χ1n) is 9.56. The standard InChI is InChI=1S/C20H26I3N3O5/c1-6-7-12(8-9-13(29)30)24-20(31)14-15(21)18(25(4)10(2)27)17(23)19(16(14)22)26(5)11(3)28/h12H,6-9H2,1-5H3,(H,24,31)(H,29,30). The highest BCUT2D eigenvalue weighted by Crippen LogP contribution is 2.42. The lowest BCUT2D eigenvalue weighted by Crippen LogP contribution is -2.37. The molecule has 0 aliphatic carbocycles. The summed E-state index contributed by atoms with van der Waals surface area (Å²) in [6.45, 7) is 4.83. The largest absolute Gasteiger partial charge is 0.481 e. The lowest BCUT2D eigenvalue weighted by molar-refractivity contribution is -0.137. The summed E-state index contributed by atoms with van der Waals surface area (Å²) < 4.78 is 1.88. The van der Waals surface area contributed by atoms with Crippen molar-refractivity contribution < 1.29 is 24.3 Å². The summed E-state index contributed by atoms with van der Waals surface area (Å²) in [6.07, 6.45) is 1.73. The predicted octanol–water partition coefficient (Wildman–Crippen LogP) is 4.23. The van der Waals surface area contributed by atoms with E-state index in [9.17, 15) is 19.2 Å². The molecule has 3 amide bonds. The maximum Gasteiger partial charge on any atom is 0.303 e. The van der Waals surface area contributed by atoms with Gasteiger partial charge in [-0.2, -0.15) is 0 Å². The van der Waals surface area contributed by atoms with Gasteiger partial charge in [0.15, 0.2) is 0 Å². The Kier molecular flexibility index (Phi) is 11.4. The summed E-state index contributed by atoms with van der Waals surface area (Å²) in [6, 6.07) is -0.289. The Morgan fingerprint density at radius 3 is 1.71 bits per heavy atom. The van der Waals surface area contributed by atoms with Crippen LogP contribution in [0.4, 0.5) is 11.4 Å². The van der Waals surface area contributed by atoms with Gasteiger partial charge in [0.2, 0.25) is 11.8 Å². The summed E-state index contributed by atoms with van der Waals surface area (Å²) in [4.78, 5) is 51.5. The van der Waals surface area contributed by atoms with Crippen LogP contribution in [0.2, 0.25) is 0 Å². The van der Waals surface area contributed by atoms with E-state index in [0.29, 0.717) is 40.5 Å². The van der Waals surface area contributed by atoms with Gasteiger partial charge in [-0.05, 0) is 80.6 Å². The number of hydrogen-bond donors (Lipinski definition) is 2. The van der Waals surface area contributed by atoms with Gasteiger partial charge in [0.25, 0.3) is 5.91 Å². The molecule has 0 heterocycles. The monoisotopic (exact) mass is 769 g/mol. The van der Waals surface area contributed by atoms with Gasteiger partial charge in [0.1, 0.15) is 0 Å². The fourth-order valence-electron chi connectivity index (χ4n) is 2.93. The van der Waals surface area contributed by atoms with Gasteiger partial charge in [-0.1, -0.05) is 13.3 Å². The number of halogens is 3. The molecule has 0 aliphatic rings. The summed E-state index contributed by atoms with van der Waals surface area (Å²) in [7, 11) is 3.25. The van der Waals surface area contributed by atoms with E-state index in [2.05, 4.69) is 73.1 Å². The van der Waals surface area contributed by atoms with Crippen molar-refractivity contribution in [3.8, 4) is 0 Å². The van der Waals surface area contributed by atoms with Crippen LogP contribution in [0.25, 0.3) is 0 Å². The quantitative estimate of drug-likeness (QED) is 0.366. The highest BCUT2D eigenvalue weighted by Gasteiger charge is 2.30. The van der Waals surface area contributed by atoms with Crippen LogP contribution in [0.15, 0.2) is 0 Å². The topological polar surface area (TPSA) is 107 Å². The first-order valence-corrected chi connectivity index (χ1v) is 12.8. The van der Waals surface area contributed by atoms with Crippen LogP contribution in [0.5, 0.6) is 0 Å². The molecule has 8 nitrogen and oxygen atoms in total. The number of nitrogens with one attached hydrogen (secondary N) is 1. The molecule has 172 valence electrons. The zero-order chi connectivity index (χ0) is 24.0. The molecule has 2 N–H and O–H groups in total. The Balaban J connectivity index is 3.63. The number of amides is 3. The molecule has 0 aromatic heterocycles. The van der Waals surface area contributed by atoms with E-state index in [-0.39, 0.29) is 30.2 Å². The maximum atomic E-state index is 13.3. The Bertz CT molecular complexity index is 844. The van der Waals surface area contributed by atoms with E-state index < -0.39 is 5.97 Å². The molecule has 0 bridgehead atoms. The van der Waals surface area contributed by atoms with Crippen LogP contribution in [0.1, 0.15) is 56.8 Å². The van der Waals surface area contributed by atoms with Crippen molar-refractivity contribution in [2.75, 3.05) is 23.9 Å². The van der Waals surface area contributed by atoms with Crippen molar-refractivity contribution in [1.82, 2.24) is 5.32 Å². The zero-order valence-electron chi connectivity index (χ0n) is 18.0. The van der Waals surface area contributed by atoms with E-state index >= 15 is 0 Å². The minimum absolute atomic E-state index is 0.0392. The predicted molar refractivity (Wildman–Crippen MR) is 146 cm³/mol. The molecule has 1 unspecified atom stereocenters. The molecule has 1 atom stereocenters. The minimum Gasteiger partial charge on any atom is -0.481 e. The average molecular weight is 769 g/mol. The van der Waals surface area contributed by atoms with Gasteiger partial charge < -0.3 is 20.2 Å². The molecule has 0 saturated carbocycles. The molecule has 0 saturated heterocycles. The smallest absolute Gasteiger partial charge is 0.303 e. The molecule has 31 heavy (non-hydrogen) atoms. The van der Waals surface area contributed by atoms with Crippen molar-refractivity contribution in [3.63, 3.8) is 0 Å². The number of aliphatic carboxylic acids is 1. The molecular formula is C20H26I3N3O5. The van der Waals surface area contributed by atoms with Gasteiger partial charge in [-0.3, -0.25) is 19.2 Å². The van der Waals surface area contributed by atoms with Crippen LogP contribution in [-0.4, -0.2) is 48.9 Å². The lowest BCUT2D eigenvalue weighted by atomic mass is 10.0. The highest BCUT2D eigenvalue weighted by molar-refractivity contribution is 14.1. The minimum atomic E-state index is -0.912. The second kappa shape index (κ2) is 12.5. The van der Waals surface area contributed by atoms with Crippen molar-refractivity contribution >= 4 is 103 Å². The number of nitrogens with zero attached hydrogens (tertiary/aromatic N) is 2. The number of carboxylic acid groups (broad SMARTS) is 1. The van der Waals surface area contributed by atoms with Crippen LogP contribution >= 0.6 is 67.8 Å². The molecule has 1 rings (SSSR count).